The minimum absolute atomic E-state index is 0.000130. The van der Waals surface area contributed by atoms with E-state index in [-0.39, 0.29) is 18.0 Å². The maximum absolute atomic E-state index is 12.3. The van der Waals surface area contributed by atoms with E-state index >= 15 is 0 Å². The summed E-state index contributed by atoms with van der Waals surface area (Å²) >= 11 is 0. The molecule has 35 heavy (non-hydrogen) atoms. The second kappa shape index (κ2) is 11.7. The van der Waals surface area contributed by atoms with Gasteiger partial charge >= 0.3 is 6.03 Å². The van der Waals surface area contributed by atoms with Gasteiger partial charge in [0.15, 0.2) is 5.82 Å². The Labute approximate surface area is 205 Å². The van der Waals surface area contributed by atoms with Crippen molar-refractivity contribution < 1.29 is 14.3 Å². The number of rotatable bonds is 11. The summed E-state index contributed by atoms with van der Waals surface area (Å²) in [5.74, 6) is 2.26. The molecule has 0 fully saturated rings. The second-order valence-electron chi connectivity index (χ2n) is 9.24. The molecule has 0 aliphatic rings. The number of aryl methyl sites for hydroxylation is 1. The van der Waals surface area contributed by atoms with Gasteiger partial charge in [-0.2, -0.15) is 0 Å². The molecule has 0 saturated carbocycles. The fourth-order valence-electron chi connectivity index (χ4n) is 3.73. The number of nitrogens with one attached hydrogen (secondary N) is 4. The number of nitrogens with zero attached hydrogens (tertiary/aromatic N) is 4. The lowest BCUT2D eigenvalue weighted by atomic mass is 10.1. The molecule has 0 atom stereocenters. The van der Waals surface area contributed by atoms with Crippen LogP contribution in [0.5, 0.6) is 5.75 Å². The highest BCUT2D eigenvalue weighted by Crippen LogP contribution is 2.32. The third kappa shape index (κ3) is 6.71. The van der Waals surface area contributed by atoms with Gasteiger partial charge in [-0.05, 0) is 45.6 Å². The lowest BCUT2D eigenvalue weighted by Crippen LogP contribution is -2.34. The van der Waals surface area contributed by atoms with Crippen LogP contribution in [0.1, 0.15) is 52.8 Å². The fraction of sp³-hybridized carbons (Fsp3) is 0.542. The van der Waals surface area contributed by atoms with Crippen LogP contribution < -0.4 is 26.0 Å². The highest BCUT2D eigenvalue weighted by Gasteiger charge is 2.17. The molecule has 0 aliphatic carbocycles. The Morgan fingerprint density at radius 3 is 2.51 bits per heavy atom. The number of benzene rings is 1. The lowest BCUT2D eigenvalue weighted by Gasteiger charge is -2.15. The molecular formula is C24H36N8O3. The minimum atomic E-state index is -0.319. The van der Waals surface area contributed by atoms with Crippen molar-refractivity contribution in [3.63, 3.8) is 0 Å². The van der Waals surface area contributed by atoms with Crippen LogP contribution >= 0.6 is 0 Å². The summed E-state index contributed by atoms with van der Waals surface area (Å²) in [6, 6.07) is 3.28. The standard InChI is InChI=1S/C24H36N8O3/c1-14(2)11-21(33)25-9-7-8-10-26-22-23-31-30-16(5)32(23)19-12-18(29-24(34)27-15(3)4)20(35-6)13-17(19)28-22/h12-15H,7-11H2,1-6H3,(H,25,33)(H,26,28)(H2,27,29,34). The Hall–Kier alpha value is -3.63. The monoisotopic (exact) mass is 484 g/mol. The maximum atomic E-state index is 12.3. The molecular weight excluding hydrogens is 448 g/mol. The van der Waals surface area contributed by atoms with Gasteiger partial charge in [0, 0.05) is 31.6 Å². The zero-order valence-electron chi connectivity index (χ0n) is 21.4. The summed E-state index contributed by atoms with van der Waals surface area (Å²) in [6.07, 6.45) is 2.26. The van der Waals surface area contributed by atoms with Gasteiger partial charge in [-0.1, -0.05) is 13.8 Å². The Balaban J connectivity index is 1.77. The van der Waals surface area contributed by atoms with Crippen molar-refractivity contribution >= 4 is 40.1 Å². The van der Waals surface area contributed by atoms with Gasteiger partial charge in [-0.3, -0.25) is 9.20 Å². The molecule has 1 aromatic carbocycles. The maximum Gasteiger partial charge on any atom is 0.319 e. The number of hydrogen-bond acceptors (Lipinski definition) is 7. The SMILES string of the molecule is COc1cc2nc(NCCCCNC(=O)CC(C)C)c3nnc(C)n3c2cc1NC(=O)NC(C)C. The molecule has 11 heteroatoms. The van der Waals surface area contributed by atoms with Gasteiger partial charge in [-0.25, -0.2) is 9.78 Å². The van der Waals surface area contributed by atoms with E-state index in [2.05, 4.69) is 31.5 Å². The Morgan fingerprint density at radius 1 is 1.09 bits per heavy atom. The highest BCUT2D eigenvalue weighted by molar-refractivity contribution is 5.95. The lowest BCUT2D eigenvalue weighted by molar-refractivity contribution is -0.121. The van der Waals surface area contributed by atoms with Gasteiger partial charge in [-0.15, -0.1) is 10.2 Å². The van der Waals surface area contributed by atoms with Crippen LogP contribution in [0.2, 0.25) is 0 Å². The third-order valence-corrected chi connectivity index (χ3v) is 5.29. The van der Waals surface area contributed by atoms with E-state index < -0.39 is 0 Å². The summed E-state index contributed by atoms with van der Waals surface area (Å²) in [5.41, 5.74) is 2.55. The fourth-order valence-corrected chi connectivity index (χ4v) is 3.73. The molecule has 0 bridgehead atoms. The Bertz CT molecular complexity index is 1190. The van der Waals surface area contributed by atoms with Crippen LogP contribution in [-0.4, -0.2) is 57.8 Å². The first kappa shape index (κ1) is 26.0. The summed E-state index contributed by atoms with van der Waals surface area (Å²) < 4.78 is 7.42. The molecule has 0 aliphatic heterocycles. The first-order valence-corrected chi connectivity index (χ1v) is 12.0. The predicted molar refractivity (Wildman–Crippen MR) is 137 cm³/mol. The van der Waals surface area contributed by atoms with Gasteiger partial charge in [0.25, 0.3) is 0 Å². The number of ether oxygens (including phenoxy) is 1. The van der Waals surface area contributed by atoms with Gasteiger partial charge in [0.2, 0.25) is 11.6 Å². The van der Waals surface area contributed by atoms with Crippen molar-refractivity contribution in [3.8, 4) is 5.75 Å². The van der Waals surface area contributed by atoms with Crippen molar-refractivity contribution in [1.82, 2.24) is 30.2 Å². The van der Waals surface area contributed by atoms with Crippen molar-refractivity contribution in [2.24, 2.45) is 5.92 Å². The number of unbranched alkanes of at least 4 members (excludes halogenated alkanes) is 1. The first-order chi connectivity index (χ1) is 16.7. The highest BCUT2D eigenvalue weighted by atomic mass is 16.5. The molecule has 3 rings (SSSR count). The van der Waals surface area contributed by atoms with E-state index in [1.54, 1.807) is 13.2 Å². The summed E-state index contributed by atoms with van der Waals surface area (Å²) in [5, 5.41) is 20.5. The number of methoxy groups -OCH3 is 1. The molecule has 0 radical (unpaired) electrons. The number of hydrogen-bond donors (Lipinski definition) is 4. The Kier molecular flexibility index (Phi) is 8.67. The summed E-state index contributed by atoms with van der Waals surface area (Å²) in [7, 11) is 1.55. The average molecular weight is 485 g/mol. The summed E-state index contributed by atoms with van der Waals surface area (Å²) in [4.78, 5) is 28.8. The zero-order chi connectivity index (χ0) is 25.5. The van der Waals surface area contributed by atoms with E-state index in [1.165, 1.54) is 0 Å². The number of fused-ring (bicyclic) bond motifs is 3. The van der Waals surface area contributed by atoms with E-state index in [4.69, 9.17) is 9.72 Å². The number of urea groups is 1. The molecule has 3 aromatic rings. The van der Waals surface area contributed by atoms with Crippen LogP contribution in [0, 0.1) is 12.8 Å². The number of carbonyl (C=O) groups is 2. The smallest absolute Gasteiger partial charge is 0.319 e. The summed E-state index contributed by atoms with van der Waals surface area (Å²) in [6.45, 7) is 11.0. The van der Waals surface area contributed by atoms with Crippen LogP contribution in [-0.2, 0) is 4.79 Å². The predicted octanol–water partition coefficient (Wildman–Crippen LogP) is 3.48. The topological polar surface area (TPSA) is 135 Å². The van der Waals surface area contributed by atoms with Crippen molar-refractivity contribution in [2.75, 3.05) is 30.8 Å². The third-order valence-electron chi connectivity index (χ3n) is 5.29. The largest absolute Gasteiger partial charge is 0.494 e. The minimum Gasteiger partial charge on any atom is -0.494 e. The van der Waals surface area contributed by atoms with E-state index in [0.717, 1.165) is 18.4 Å². The number of carbonyl (C=O) groups excluding carboxylic acids is 2. The normalized spacial score (nSPS) is 11.3. The van der Waals surface area contributed by atoms with Crippen molar-refractivity contribution in [1.29, 1.82) is 0 Å². The van der Waals surface area contributed by atoms with Crippen molar-refractivity contribution in [3.05, 3.63) is 18.0 Å². The average Bonchev–Trinajstić information content (AvgIpc) is 3.16. The quantitative estimate of drug-likeness (QED) is 0.306. The second-order valence-corrected chi connectivity index (χ2v) is 9.24. The molecule has 0 spiro atoms. The van der Waals surface area contributed by atoms with Gasteiger partial charge in [0.1, 0.15) is 11.6 Å². The number of aromatic nitrogens is 4. The van der Waals surface area contributed by atoms with Crippen LogP contribution in [0.15, 0.2) is 12.1 Å². The van der Waals surface area contributed by atoms with Crippen LogP contribution in [0.4, 0.5) is 16.3 Å². The van der Waals surface area contributed by atoms with Gasteiger partial charge < -0.3 is 26.0 Å². The molecule has 2 aromatic heterocycles. The molecule has 0 unspecified atom stereocenters. The molecule has 190 valence electrons. The molecule has 0 saturated heterocycles. The Morgan fingerprint density at radius 2 is 1.83 bits per heavy atom. The zero-order valence-corrected chi connectivity index (χ0v) is 21.4. The van der Waals surface area contributed by atoms with Crippen molar-refractivity contribution in [2.45, 2.75) is 59.9 Å². The number of anilines is 2. The first-order valence-electron chi connectivity index (χ1n) is 12.0. The molecule has 2 heterocycles. The number of amides is 3. The van der Waals surface area contributed by atoms with Crippen LogP contribution in [0.3, 0.4) is 0 Å². The van der Waals surface area contributed by atoms with E-state index in [9.17, 15) is 9.59 Å². The molecule has 4 N–H and O–H groups in total. The van der Waals surface area contributed by atoms with Crippen LogP contribution in [0.25, 0.3) is 16.7 Å². The van der Waals surface area contributed by atoms with E-state index in [1.807, 2.05) is 45.1 Å². The van der Waals surface area contributed by atoms with E-state index in [0.29, 0.717) is 59.7 Å². The molecule has 11 nitrogen and oxygen atoms in total. The molecule has 3 amide bonds. The van der Waals surface area contributed by atoms with Gasteiger partial charge in [0.05, 0.1) is 23.8 Å².